The van der Waals surface area contributed by atoms with Crippen LogP contribution in [0.5, 0.6) is 0 Å². The fourth-order valence-corrected chi connectivity index (χ4v) is 3.55. The first-order chi connectivity index (χ1) is 11.8. The van der Waals surface area contributed by atoms with Gasteiger partial charge in [0.1, 0.15) is 0 Å². The molecule has 0 aliphatic carbocycles. The molecule has 0 unspecified atom stereocenters. The van der Waals surface area contributed by atoms with Gasteiger partial charge in [0.05, 0.1) is 39.3 Å². The third kappa shape index (κ3) is 3.37. The quantitative estimate of drug-likeness (QED) is 0.597. The summed E-state index contributed by atoms with van der Waals surface area (Å²) in [5.74, 6) is -0.622. The van der Waals surface area contributed by atoms with Gasteiger partial charge >= 0.3 is 11.7 Å². The van der Waals surface area contributed by atoms with Crippen LogP contribution in [0.4, 0.5) is 5.69 Å². The molecule has 0 saturated carbocycles. The number of imidazole rings is 1. The van der Waals surface area contributed by atoms with E-state index in [4.69, 9.17) is 11.6 Å². The molecule has 130 valence electrons. The van der Waals surface area contributed by atoms with Gasteiger partial charge in [0.2, 0.25) is 0 Å². The molecular formula is C15H12ClN3O5S. The molecule has 0 amide bonds. The summed E-state index contributed by atoms with van der Waals surface area (Å²) in [6.45, 7) is 0. The predicted molar refractivity (Wildman–Crippen MR) is 92.5 cm³/mol. The van der Waals surface area contributed by atoms with Gasteiger partial charge in [-0.15, -0.1) is 0 Å². The first-order valence-electron chi connectivity index (χ1n) is 6.93. The second-order valence-electron chi connectivity index (χ2n) is 5.08. The highest BCUT2D eigenvalue weighted by Gasteiger charge is 2.18. The highest BCUT2D eigenvalue weighted by Crippen LogP contribution is 2.26. The third-order valence-corrected chi connectivity index (χ3v) is 5.12. The van der Waals surface area contributed by atoms with E-state index in [9.17, 15) is 18.0 Å². The highest BCUT2D eigenvalue weighted by molar-refractivity contribution is 7.92. The molecule has 0 bridgehead atoms. The van der Waals surface area contributed by atoms with Gasteiger partial charge in [0, 0.05) is 0 Å². The Morgan fingerprint density at radius 3 is 2.56 bits per heavy atom. The Bertz CT molecular complexity index is 1130. The van der Waals surface area contributed by atoms with Gasteiger partial charge in [-0.2, -0.15) is 0 Å². The van der Waals surface area contributed by atoms with Gasteiger partial charge in [-0.3, -0.25) is 4.72 Å². The van der Waals surface area contributed by atoms with E-state index in [0.717, 1.165) is 0 Å². The van der Waals surface area contributed by atoms with E-state index in [-0.39, 0.29) is 21.2 Å². The number of anilines is 1. The third-order valence-electron chi connectivity index (χ3n) is 3.43. The zero-order valence-electron chi connectivity index (χ0n) is 12.8. The molecule has 25 heavy (non-hydrogen) atoms. The van der Waals surface area contributed by atoms with Crippen molar-refractivity contribution < 1.29 is 17.9 Å². The Labute approximate surface area is 146 Å². The average Bonchev–Trinajstić information content (AvgIpc) is 2.95. The summed E-state index contributed by atoms with van der Waals surface area (Å²) >= 11 is 6.00. The van der Waals surface area contributed by atoms with Crippen LogP contribution in [-0.4, -0.2) is 31.5 Å². The Hall–Kier alpha value is -2.78. The number of ether oxygens (including phenoxy) is 1. The van der Waals surface area contributed by atoms with Gasteiger partial charge in [0.15, 0.2) is 0 Å². The Balaban J connectivity index is 2.00. The minimum Gasteiger partial charge on any atom is -0.465 e. The number of carbonyl (C=O) groups excluding carboxylic acids is 1. The van der Waals surface area contributed by atoms with Crippen molar-refractivity contribution in [2.45, 2.75) is 4.90 Å². The van der Waals surface area contributed by atoms with Crippen LogP contribution in [0.15, 0.2) is 46.1 Å². The molecule has 0 fully saturated rings. The number of hydrogen-bond acceptors (Lipinski definition) is 5. The van der Waals surface area contributed by atoms with Crippen molar-refractivity contribution in [3.8, 4) is 0 Å². The molecule has 1 heterocycles. The number of fused-ring (bicyclic) bond motifs is 1. The molecule has 10 heteroatoms. The summed E-state index contributed by atoms with van der Waals surface area (Å²) in [5.41, 5.74) is 0.575. The molecule has 0 aliphatic heterocycles. The second-order valence-corrected chi connectivity index (χ2v) is 7.17. The zero-order chi connectivity index (χ0) is 18.2. The lowest BCUT2D eigenvalue weighted by molar-refractivity contribution is 0.0601. The van der Waals surface area contributed by atoms with Crippen molar-refractivity contribution in [3.63, 3.8) is 0 Å². The first-order valence-corrected chi connectivity index (χ1v) is 8.79. The number of benzene rings is 2. The number of hydrogen-bond donors (Lipinski definition) is 3. The summed E-state index contributed by atoms with van der Waals surface area (Å²) in [4.78, 5) is 27.8. The van der Waals surface area contributed by atoms with Gasteiger partial charge in [-0.25, -0.2) is 18.0 Å². The number of nitrogens with one attached hydrogen (secondary N) is 3. The fourth-order valence-electron chi connectivity index (χ4n) is 2.23. The molecule has 1 aromatic heterocycles. The number of H-pyrrole nitrogens is 2. The van der Waals surface area contributed by atoms with Crippen LogP contribution < -0.4 is 10.4 Å². The summed E-state index contributed by atoms with van der Waals surface area (Å²) in [6, 6.07) is 8.21. The van der Waals surface area contributed by atoms with E-state index in [1.165, 1.54) is 43.5 Å². The SMILES string of the molecule is COC(=O)c1ccc(Cl)c(NS(=O)(=O)c2ccc3[nH]c(=O)[nH]c3c2)c1. The van der Waals surface area contributed by atoms with E-state index >= 15 is 0 Å². The van der Waals surface area contributed by atoms with Gasteiger partial charge in [-0.1, -0.05) is 11.6 Å². The highest BCUT2D eigenvalue weighted by atomic mass is 35.5. The molecule has 0 spiro atoms. The predicted octanol–water partition coefficient (Wildman–Crippen LogP) is 2.10. The average molecular weight is 382 g/mol. The van der Waals surface area contributed by atoms with Crippen LogP contribution in [-0.2, 0) is 14.8 Å². The smallest absolute Gasteiger partial charge is 0.337 e. The maximum Gasteiger partial charge on any atom is 0.337 e. The van der Waals surface area contributed by atoms with Gasteiger partial charge in [-0.05, 0) is 36.4 Å². The number of aromatic nitrogens is 2. The van der Waals surface area contributed by atoms with E-state index < -0.39 is 21.7 Å². The summed E-state index contributed by atoms with van der Waals surface area (Å²) in [6.07, 6.45) is 0. The molecule has 0 radical (unpaired) electrons. The van der Waals surface area contributed by atoms with Crippen LogP contribution in [0, 0.1) is 0 Å². The van der Waals surface area contributed by atoms with Crippen LogP contribution in [0.2, 0.25) is 5.02 Å². The van der Waals surface area contributed by atoms with Crippen molar-refractivity contribution in [2.75, 3.05) is 11.8 Å². The molecule has 0 aliphatic rings. The molecule has 3 N–H and O–H groups in total. The lowest BCUT2D eigenvalue weighted by Crippen LogP contribution is -2.14. The van der Waals surface area contributed by atoms with Gasteiger partial charge in [0.25, 0.3) is 10.0 Å². The molecule has 0 atom stereocenters. The Kier molecular flexibility index (Phi) is 4.27. The fraction of sp³-hybridized carbons (Fsp3) is 0.0667. The lowest BCUT2D eigenvalue weighted by atomic mass is 10.2. The monoisotopic (exact) mass is 381 g/mol. The maximum absolute atomic E-state index is 12.6. The molecule has 3 aromatic rings. The topological polar surface area (TPSA) is 121 Å². The molecular weight excluding hydrogens is 370 g/mol. The number of methoxy groups -OCH3 is 1. The molecule has 0 saturated heterocycles. The number of carbonyl (C=O) groups is 1. The van der Waals surface area contributed by atoms with Crippen molar-refractivity contribution >= 4 is 44.3 Å². The van der Waals surface area contributed by atoms with Gasteiger partial charge < -0.3 is 14.7 Å². The van der Waals surface area contributed by atoms with Crippen LogP contribution in [0.1, 0.15) is 10.4 Å². The minimum atomic E-state index is -3.99. The zero-order valence-corrected chi connectivity index (χ0v) is 14.4. The molecule has 2 aromatic carbocycles. The maximum atomic E-state index is 12.6. The van der Waals surface area contributed by atoms with Crippen molar-refractivity contribution in [2.24, 2.45) is 0 Å². The van der Waals surface area contributed by atoms with E-state index in [1.807, 2.05) is 0 Å². The van der Waals surface area contributed by atoms with Crippen molar-refractivity contribution in [1.82, 2.24) is 9.97 Å². The molecule has 8 nitrogen and oxygen atoms in total. The normalized spacial score (nSPS) is 11.4. The first kappa shape index (κ1) is 17.1. The largest absolute Gasteiger partial charge is 0.465 e. The Morgan fingerprint density at radius 2 is 1.84 bits per heavy atom. The standard InChI is InChI=1S/C15H12ClN3O5S/c1-24-14(20)8-2-4-10(16)12(6-8)19-25(22,23)9-3-5-11-13(7-9)18-15(21)17-11/h2-7,19H,1H3,(H2,17,18,21). The van der Waals surface area contributed by atoms with Crippen molar-refractivity contribution in [1.29, 1.82) is 0 Å². The van der Waals surface area contributed by atoms with Crippen molar-refractivity contribution in [3.05, 3.63) is 57.5 Å². The van der Waals surface area contributed by atoms with Crippen LogP contribution in [0.3, 0.4) is 0 Å². The number of rotatable bonds is 4. The van der Waals surface area contributed by atoms with E-state index in [0.29, 0.717) is 11.0 Å². The van der Waals surface area contributed by atoms with Crippen LogP contribution >= 0.6 is 11.6 Å². The number of sulfonamides is 1. The Morgan fingerprint density at radius 1 is 1.12 bits per heavy atom. The number of aromatic amines is 2. The summed E-state index contributed by atoms with van der Waals surface area (Å²) in [7, 11) is -2.77. The summed E-state index contributed by atoms with van der Waals surface area (Å²) in [5, 5.41) is 0.118. The number of esters is 1. The minimum absolute atomic E-state index is 0.0345. The van der Waals surface area contributed by atoms with Crippen LogP contribution in [0.25, 0.3) is 11.0 Å². The lowest BCUT2D eigenvalue weighted by Gasteiger charge is -2.11. The summed E-state index contributed by atoms with van der Waals surface area (Å²) < 4.78 is 32.1. The van der Waals surface area contributed by atoms with E-state index in [1.54, 1.807) is 0 Å². The van der Waals surface area contributed by atoms with E-state index in [2.05, 4.69) is 19.4 Å². The molecule has 3 rings (SSSR count). The number of halogens is 1. The second kappa shape index (κ2) is 6.26.